The predicted molar refractivity (Wildman–Crippen MR) is 81.6 cm³/mol. The molecule has 2 heterocycles. The molecule has 2 amide bonds. The Morgan fingerprint density at radius 3 is 2.57 bits per heavy atom. The van der Waals surface area contributed by atoms with Gasteiger partial charge in [0.05, 0.1) is 17.9 Å². The highest BCUT2D eigenvalue weighted by Crippen LogP contribution is 2.25. The average Bonchev–Trinajstić information content (AvgIpc) is 3.06. The number of hydrogen-bond acceptors (Lipinski definition) is 4. The van der Waals surface area contributed by atoms with Gasteiger partial charge in [0.25, 0.3) is 5.91 Å². The summed E-state index contributed by atoms with van der Waals surface area (Å²) in [5.74, 6) is -0.212. The van der Waals surface area contributed by atoms with Crippen LogP contribution in [0.4, 0.5) is 11.4 Å². The van der Waals surface area contributed by atoms with E-state index in [-0.39, 0.29) is 18.4 Å². The van der Waals surface area contributed by atoms with Crippen LogP contribution in [0.1, 0.15) is 23.2 Å². The number of likely N-dealkylation sites (tertiary alicyclic amines) is 1. The van der Waals surface area contributed by atoms with Gasteiger partial charge in [0.1, 0.15) is 0 Å². The third kappa shape index (κ3) is 3.09. The van der Waals surface area contributed by atoms with Gasteiger partial charge >= 0.3 is 0 Å². The fourth-order valence-electron chi connectivity index (χ4n) is 2.72. The van der Waals surface area contributed by atoms with E-state index in [4.69, 9.17) is 0 Å². The van der Waals surface area contributed by atoms with Gasteiger partial charge in [-0.2, -0.15) is 0 Å². The van der Waals surface area contributed by atoms with E-state index in [0.717, 1.165) is 50.4 Å². The maximum Gasteiger partial charge on any atom is 0.251 e. The molecule has 1 aromatic carbocycles. The molecule has 0 unspecified atom stereocenters. The number of nitrogens with one attached hydrogen (secondary N) is 3. The van der Waals surface area contributed by atoms with Gasteiger partial charge in [0.2, 0.25) is 5.91 Å². The van der Waals surface area contributed by atoms with E-state index in [9.17, 15) is 9.59 Å². The van der Waals surface area contributed by atoms with Gasteiger partial charge in [-0.1, -0.05) is 0 Å². The van der Waals surface area contributed by atoms with Crippen molar-refractivity contribution < 1.29 is 9.59 Å². The first-order valence-corrected chi connectivity index (χ1v) is 7.42. The molecule has 2 aliphatic heterocycles. The lowest BCUT2D eigenvalue weighted by Crippen LogP contribution is -2.38. The van der Waals surface area contributed by atoms with Gasteiger partial charge < -0.3 is 20.9 Å². The molecule has 0 spiro atoms. The Morgan fingerprint density at radius 2 is 1.81 bits per heavy atom. The molecule has 3 rings (SSSR count). The van der Waals surface area contributed by atoms with Crippen LogP contribution in [0.3, 0.4) is 0 Å². The van der Waals surface area contributed by atoms with E-state index in [1.54, 1.807) is 11.0 Å². The number of carbonyl (C=O) groups excluding carboxylic acids is 2. The van der Waals surface area contributed by atoms with Crippen LogP contribution >= 0.6 is 0 Å². The summed E-state index contributed by atoms with van der Waals surface area (Å²) in [5, 5.41) is 9.21. The Labute approximate surface area is 123 Å². The lowest BCUT2D eigenvalue weighted by Gasteiger charge is -2.20. The zero-order valence-corrected chi connectivity index (χ0v) is 11.9. The van der Waals surface area contributed by atoms with Crippen LogP contribution in [0, 0.1) is 0 Å². The van der Waals surface area contributed by atoms with E-state index in [0.29, 0.717) is 5.56 Å². The largest absolute Gasteiger partial charge is 0.382 e. The molecular formula is C15H20N4O2. The van der Waals surface area contributed by atoms with Crippen molar-refractivity contribution in [3.63, 3.8) is 0 Å². The number of hydrogen-bond donors (Lipinski definition) is 3. The zero-order chi connectivity index (χ0) is 14.7. The maximum atomic E-state index is 12.1. The molecule has 0 aromatic heterocycles. The molecule has 1 fully saturated rings. The van der Waals surface area contributed by atoms with Crippen molar-refractivity contribution in [1.29, 1.82) is 0 Å². The third-order valence-electron chi connectivity index (χ3n) is 3.90. The second kappa shape index (κ2) is 6.03. The van der Waals surface area contributed by atoms with Crippen LogP contribution in [0.15, 0.2) is 18.2 Å². The minimum absolute atomic E-state index is 0.00129. The van der Waals surface area contributed by atoms with Crippen molar-refractivity contribution in [1.82, 2.24) is 10.2 Å². The topological polar surface area (TPSA) is 73.5 Å². The Balaban J connectivity index is 1.58. The number of benzene rings is 1. The monoisotopic (exact) mass is 288 g/mol. The number of amides is 2. The van der Waals surface area contributed by atoms with Gasteiger partial charge in [0, 0.05) is 31.7 Å². The third-order valence-corrected chi connectivity index (χ3v) is 3.90. The second-order valence-corrected chi connectivity index (χ2v) is 5.38. The van der Waals surface area contributed by atoms with E-state index < -0.39 is 0 Å². The Kier molecular flexibility index (Phi) is 3.94. The Bertz CT molecular complexity index is 553. The van der Waals surface area contributed by atoms with Crippen molar-refractivity contribution in [2.45, 2.75) is 12.8 Å². The first-order valence-electron chi connectivity index (χ1n) is 7.42. The van der Waals surface area contributed by atoms with E-state index in [2.05, 4.69) is 16.0 Å². The highest BCUT2D eigenvalue weighted by atomic mass is 16.2. The summed E-state index contributed by atoms with van der Waals surface area (Å²) >= 11 is 0. The number of anilines is 2. The average molecular weight is 288 g/mol. The van der Waals surface area contributed by atoms with Gasteiger partial charge in [-0.15, -0.1) is 0 Å². The van der Waals surface area contributed by atoms with Crippen LogP contribution < -0.4 is 16.0 Å². The zero-order valence-electron chi connectivity index (χ0n) is 11.9. The summed E-state index contributed by atoms with van der Waals surface area (Å²) < 4.78 is 0. The molecule has 6 heteroatoms. The molecular weight excluding hydrogens is 268 g/mol. The first kappa shape index (κ1) is 13.7. The van der Waals surface area contributed by atoms with Gasteiger partial charge in [-0.25, -0.2) is 0 Å². The summed E-state index contributed by atoms with van der Waals surface area (Å²) in [6.45, 7) is 3.41. The number of rotatable bonds is 3. The second-order valence-electron chi connectivity index (χ2n) is 5.38. The standard InChI is InChI=1S/C15H20N4O2/c20-14(19-7-1-2-8-19)10-18-15(21)11-3-4-12-13(9-11)17-6-5-16-12/h3-4,9,16-17H,1-2,5-8,10H2,(H,18,21). The van der Waals surface area contributed by atoms with Gasteiger partial charge in [0.15, 0.2) is 0 Å². The maximum absolute atomic E-state index is 12.1. The lowest BCUT2D eigenvalue weighted by atomic mass is 10.1. The fourth-order valence-corrected chi connectivity index (χ4v) is 2.72. The van der Waals surface area contributed by atoms with Crippen molar-refractivity contribution in [2.24, 2.45) is 0 Å². The van der Waals surface area contributed by atoms with Crippen LogP contribution in [-0.2, 0) is 4.79 Å². The summed E-state index contributed by atoms with van der Waals surface area (Å²) in [6.07, 6.45) is 2.12. The summed E-state index contributed by atoms with van der Waals surface area (Å²) in [4.78, 5) is 25.8. The lowest BCUT2D eigenvalue weighted by molar-refractivity contribution is -0.129. The summed E-state index contributed by atoms with van der Waals surface area (Å²) in [5.41, 5.74) is 2.50. The van der Waals surface area contributed by atoms with Gasteiger partial charge in [-0.3, -0.25) is 9.59 Å². The smallest absolute Gasteiger partial charge is 0.251 e. The van der Waals surface area contributed by atoms with Crippen molar-refractivity contribution in [3.05, 3.63) is 23.8 Å². The summed E-state index contributed by atoms with van der Waals surface area (Å²) in [6, 6.07) is 5.48. The molecule has 0 aliphatic carbocycles. The quantitative estimate of drug-likeness (QED) is 0.772. The molecule has 6 nitrogen and oxygen atoms in total. The highest BCUT2D eigenvalue weighted by molar-refractivity contribution is 5.98. The number of fused-ring (bicyclic) bond motifs is 1. The van der Waals surface area contributed by atoms with Crippen molar-refractivity contribution >= 4 is 23.2 Å². The predicted octanol–water partition coefficient (Wildman–Crippen LogP) is 0.876. The van der Waals surface area contributed by atoms with Crippen LogP contribution in [0.5, 0.6) is 0 Å². The number of carbonyl (C=O) groups is 2. The normalized spacial score (nSPS) is 16.7. The van der Waals surface area contributed by atoms with Crippen LogP contribution in [-0.4, -0.2) is 49.4 Å². The van der Waals surface area contributed by atoms with E-state index in [1.807, 2.05) is 12.1 Å². The first-order chi connectivity index (χ1) is 10.2. The van der Waals surface area contributed by atoms with E-state index >= 15 is 0 Å². The van der Waals surface area contributed by atoms with Crippen molar-refractivity contribution in [3.8, 4) is 0 Å². The molecule has 0 radical (unpaired) electrons. The molecule has 0 atom stereocenters. The molecule has 112 valence electrons. The Morgan fingerprint density at radius 1 is 1.10 bits per heavy atom. The molecule has 21 heavy (non-hydrogen) atoms. The van der Waals surface area contributed by atoms with Gasteiger partial charge in [-0.05, 0) is 31.0 Å². The molecule has 0 saturated carbocycles. The molecule has 0 bridgehead atoms. The number of nitrogens with zero attached hydrogens (tertiary/aromatic N) is 1. The SMILES string of the molecule is O=C(NCC(=O)N1CCCC1)c1ccc2c(c1)NCCN2. The van der Waals surface area contributed by atoms with E-state index in [1.165, 1.54) is 0 Å². The molecule has 1 saturated heterocycles. The molecule has 2 aliphatic rings. The minimum Gasteiger partial charge on any atom is -0.382 e. The molecule has 3 N–H and O–H groups in total. The van der Waals surface area contributed by atoms with Crippen LogP contribution in [0.25, 0.3) is 0 Å². The fraction of sp³-hybridized carbons (Fsp3) is 0.467. The Hall–Kier alpha value is -2.24. The highest BCUT2D eigenvalue weighted by Gasteiger charge is 2.19. The van der Waals surface area contributed by atoms with Crippen molar-refractivity contribution in [2.75, 3.05) is 43.4 Å². The van der Waals surface area contributed by atoms with Crippen LogP contribution in [0.2, 0.25) is 0 Å². The minimum atomic E-state index is -0.210. The summed E-state index contributed by atoms with van der Waals surface area (Å²) in [7, 11) is 0. The molecule has 1 aromatic rings.